The molecule has 0 fully saturated rings. The van der Waals surface area contributed by atoms with Crippen molar-refractivity contribution in [2.75, 3.05) is 6.61 Å². The third-order valence-corrected chi connectivity index (χ3v) is 2.38. The molecule has 0 aromatic rings. The molecule has 2 nitrogen and oxygen atoms in total. The Kier molecular flexibility index (Phi) is 4.80. The molecule has 0 saturated heterocycles. The SMILES string of the molecule is CCC(O)C(C)CC(C)(C)CO. The fourth-order valence-corrected chi connectivity index (χ4v) is 1.47. The molecule has 0 aliphatic carbocycles. The largest absolute Gasteiger partial charge is 0.396 e. The molecule has 2 N–H and O–H groups in total. The van der Waals surface area contributed by atoms with Crippen LogP contribution in [0.5, 0.6) is 0 Å². The van der Waals surface area contributed by atoms with Crippen molar-refractivity contribution in [2.45, 2.75) is 46.6 Å². The second-order valence-electron chi connectivity index (χ2n) is 4.48. The van der Waals surface area contributed by atoms with Gasteiger partial charge in [0.05, 0.1) is 6.10 Å². The van der Waals surface area contributed by atoms with Gasteiger partial charge in [0.1, 0.15) is 0 Å². The Morgan fingerprint density at radius 2 is 1.83 bits per heavy atom. The zero-order chi connectivity index (χ0) is 9.78. The molecule has 2 unspecified atom stereocenters. The number of rotatable bonds is 5. The predicted molar refractivity (Wildman–Crippen MR) is 50.9 cm³/mol. The standard InChI is InChI=1S/C10H22O2/c1-5-9(12)8(2)6-10(3,4)7-11/h8-9,11-12H,5-7H2,1-4H3. The Labute approximate surface area is 75.6 Å². The predicted octanol–water partition coefficient (Wildman–Crippen LogP) is 1.80. The summed E-state index contributed by atoms with van der Waals surface area (Å²) in [7, 11) is 0. The highest BCUT2D eigenvalue weighted by Crippen LogP contribution is 2.26. The van der Waals surface area contributed by atoms with E-state index < -0.39 is 0 Å². The minimum absolute atomic E-state index is 0.0600. The van der Waals surface area contributed by atoms with Crippen LogP contribution in [0.1, 0.15) is 40.5 Å². The number of hydrogen-bond acceptors (Lipinski definition) is 2. The summed E-state index contributed by atoms with van der Waals surface area (Å²) in [6, 6.07) is 0. The van der Waals surface area contributed by atoms with E-state index in [9.17, 15) is 5.11 Å². The van der Waals surface area contributed by atoms with Crippen LogP contribution in [0.25, 0.3) is 0 Å². The maximum absolute atomic E-state index is 9.50. The first-order valence-corrected chi connectivity index (χ1v) is 4.72. The zero-order valence-corrected chi connectivity index (χ0v) is 8.67. The molecule has 0 aromatic heterocycles. The van der Waals surface area contributed by atoms with Gasteiger partial charge >= 0.3 is 0 Å². The number of aliphatic hydroxyl groups excluding tert-OH is 2. The van der Waals surface area contributed by atoms with Crippen molar-refractivity contribution in [3.8, 4) is 0 Å². The molecular formula is C10H22O2. The van der Waals surface area contributed by atoms with Crippen LogP contribution in [0.4, 0.5) is 0 Å². The third-order valence-electron chi connectivity index (χ3n) is 2.38. The molecule has 2 atom stereocenters. The first-order chi connectivity index (χ1) is 5.43. The van der Waals surface area contributed by atoms with Crippen LogP contribution in [0.15, 0.2) is 0 Å². The van der Waals surface area contributed by atoms with E-state index >= 15 is 0 Å². The summed E-state index contributed by atoms with van der Waals surface area (Å²) in [5, 5.41) is 18.5. The van der Waals surface area contributed by atoms with Crippen molar-refractivity contribution < 1.29 is 10.2 Å². The lowest BCUT2D eigenvalue weighted by molar-refractivity contribution is 0.0619. The van der Waals surface area contributed by atoms with Gasteiger partial charge in [-0.3, -0.25) is 0 Å². The van der Waals surface area contributed by atoms with Gasteiger partial charge in [-0.25, -0.2) is 0 Å². The van der Waals surface area contributed by atoms with Gasteiger partial charge in [0.15, 0.2) is 0 Å². The van der Waals surface area contributed by atoms with Crippen molar-refractivity contribution >= 4 is 0 Å². The van der Waals surface area contributed by atoms with E-state index in [4.69, 9.17) is 5.11 Å². The van der Waals surface area contributed by atoms with Gasteiger partial charge in [0.25, 0.3) is 0 Å². The highest BCUT2D eigenvalue weighted by atomic mass is 16.3. The Bertz CT molecular complexity index is 121. The Hall–Kier alpha value is -0.0800. The molecule has 12 heavy (non-hydrogen) atoms. The van der Waals surface area contributed by atoms with Gasteiger partial charge in [-0.1, -0.05) is 27.7 Å². The van der Waals surface area contributed by atoms with Gasteiger partial charge in [0, 0.05) is 6.61 Å². The topological polar surface area (TPSA) is 40.5 Å². The minimum atomic E-state index is -0.226. The van der Waals surface area contributed by atoms with E-state index in [2.05, 4.69) is 0 Å². The third kappa shape index (κ3) is 4.07. The molecule has 0 rings (SSSR count). The normalized spacial score (nSPS) is 17.5. The molecule has 0 saturated carbocycles. The van der Waals surface area contributed by atoms with Gasteiger partial charge < -0.3 is 10.2 Å². The maximum Gasteiger partial charge on any atom is 0.0563 e. The van der Waals surface area contributed by atoms with Crippen molar-refractivity contribution in [2.24, 2.45) is 11.3 Å². The summed E-state index contributed by atoms with van der Waals surface area (Å²) < 4.78 is 0. The molecule has 0 aliphatic heterocycles. The molecule has 0 bridgehead atoms. The maximum atomic E-state index is 9.50. The fraction of sp³-hybridized carbons (Fsp3) is 1.00. The summed E-state index contributed by atoms with van der Waals surface area (Å²) in [6.07, 6.45) is 1.44. The van der Waals surface area contributed by atoms with Crippen molar-refractivity contribution in [3.63, 3.8) is 0 Å². The Morgan fingerprint density at radius 1 is 1.33 bits per heavy atom. The Balaban J connectivity index is 3.90. The molecular weight excluding hydrogens is 152 g/mol. The van der Waals surface area contributed by atoms with Crippen LogP contribution in [0.2, 0.25) is 0 Å². The quantitative estimate of drug-likeness (QED) is 0.667. The summed E-state index contributed by atoms with van der Waals surface area (Å²) >= 11 is 0. The van der Waals surface area contributed by atoms with E-state index in [-0.39, 0.29) is 24.0 Å². The van der Waals surface area contributed by atoms with Crippen molar-refractivity contribution in [1.29, 1.82) is 0 Å². The van der Waals surface area contributed by atoms with Gasteiger partial charge in [-0.2, -0.15) is 0 Å². The van der Waals surface area contributed by atoms with Gasteiger partial charge in [-0.05, 0) is 24.2 Å². The molecule has 0 radical (unpaired) electrons. The van der Waals surface area contributed by atoms with Crippen LogP contribution in [0.3, 0.4) is 0 Å². The van der Waals surface area contributed by atoms with E-state index in [0.29, 0.717) is 0 Å². The number of aliphatic hydroxyl groups is 2. The zero-order valence-electron chi connectivity index (χ0n) is 8.67. The van der Waals surface area contributed by atoms with Crippen molar-refractivity contribution in [3.05, 3.63) is 0 Å². The fourth-order valence-electron chi connectivity index (χ4n) is 1.47. The number of hydrogen-bond donors (Lipinski definition) is 2. The van der Waals surface area contributed by atoms with Crippen LogP contribution >= 0.6 is 0 Å². The molecule has 0 amide bonds. The lowest BCUT2D eigenvalue weighted by atomic mass is 9.81. The lowest BCUT2D eigenvalue weighted by Crippen LogP contribution is -2.26. The van der Waals surface area contributed by atoms with E-state index in [0.717, 1.165) is 12.8 Å². The van der Waals surface area contributed by atoms with Crippen LogP contribution in [0, 0.1) is 11.3 Å². The summed E-state index contributed by atoms with van der Waals surface area (Å²) in [5.41, 5.74) is -0.0600. The van der Waals surface area contributed by atoms with Crippen LogP contribution in [-0.2, 0) is 0 Å². The van der Waals surface area contributed by atoms with E-state index in [1.807, 2.05) is 27.7 Å². The highest BCUT2D eigenvalue weighted by Gasteiger charge is 2.23. The molecule has 0 heterocycles. The Morgan fingerprint density at radius 3 is 2.17 bits per heavy atom. The van der Waals surface area contributed by atoms with Crippen LogP contribution in [-0.4, -0.2) is 22.9 Å². The minimum Gasteiger partial charge on any atom is -0.396 e. The van der Waals surface area contributed by atoms with Gasteiger partial charge in [-0.15, -0.1) is 0 Å². The molecule has 0 spiro atoms. The molecule has 2 heteroatoms. The highest BCUT2D eigenvalue weighted by molar-refractivity contribution is 4.74. The van der Waals surface area contributed by atoms with E-state index in [1.54, 1.807) is 0 Å². The second kappa shape index (κ2) is 4.83. The monoisotopic (exact) mass is 174 g/mol. The van der Waals surface area contributed by atoms with Crippen LogP contribution < -0.4 is 0 Å². The van der Waals surface area contributed by atoms with E-state index in [1.165, 1.54) is 0 Å². The van der Waals surface area contributed by atoms with Gasteiger partial charge in [0.2, 0.25) is 0 Å². The van der Waals surface area contributed by atoms with Crippen molar-refractivity contribution in [1.82, 2.24) is 0 Å². The first-order valence-electron chi connectivity index (χ1n) is 4.72. The first kappa shape index (κ1) is 11.9. The molecule has 0 aromatic carbocycles. The summed E-state index contributed by atoms with van der Waals surface area (Å²) in [5.74, 6) is 0.275. The summed E-state index contributed by atoms with van der Waals surface area (Å²) in [6.45, 7) is 8.24. The lowest BCUT2D eigenvalue weighted by Gasteiger charge is -2.28. The smallest absolute Gasteiger partial charge is 0.0563 e. The molecule has 0 aliphatic rings. The summed E-state index contributed by atoms with van der Waals surface area (Å²) in [4.78, 5) is 0. The second-order valence-corrected chi connectivity index (χ2v) is 4.48. The average molecular weight is 174 g/mol. The molecule has 74 valence electrons. The average Bonchev–Trinajstić information content (AvgIpc) is 2.02.